The van der Waals surface area contributed by atoms with Gasteiger partial charge in [-0.15, -0.1) is 0 Å². The number of hydrogen-bond acceptors (Lipinski definition) is 3. The van der Waals surface area contributed by atoms with Gasteiger partial charge in [-0.05, 0) is 31.7 Å². The van der Waals surface area contributed by atoms with Gasteiger partial charge in [0.15, 0.2) is 0 Å². The lowest BCUT2D eigenvalue weighted by Gasteiger charge is -2.15. The van der Waals surface area contributed by atoms with Crippen LogP contribution in [-0.4, -0.2) is 38.3 Å². The fraction of sp³-hybridized carbons (Fsp3) is 0.929. The van der Waals surface area contributed by atoms with Gasteiger partial charge >= 0.3 is 0 Å². The summed E-state index contributed by atoms with van der Waals surface area (Å²) in [6.45, 7) is 7.50. The molecule has 18 heavy (non-hydrogen) atoms. The van der Waals surface area contributed by atoms with E-state index in [1.54, 1.807) is 0 Å². The molecular weight excluding hydrogens is 228 g/mol. The molecule has 1 fully saturated rings. The summed E-state index contributed by atoms with van der Waals surface area (Å²) in [6, 6.07) is 0.0177. The largest absolute Gasteiger partial charge is 0.381 e. The molecule has 0 bridgehead atoms. The first-order valence-corrected chi connectivity index (χ1v) is 7.29. The highest BCUT2D eigenvalue weighted by atomic mass is 16.5. The van der Waals surface area contributed by atoms with E-state index in [1.165, 1.54) is 12.8 Å². The minimum Gasteiger partial charge on any atom is -0.381 e. The van der Waals surface area contributed by atoms with Crippen molar-refractivity contribution in [2.45, 2.75) is 52.0 Å². The Kier molecular flexibility index (Phi) is 8.01. The Morgan fingerprint density at radius 1 is 1.39 bits per heavy atom. The molecule has 0 saturated carbocycles. The normalized spacial score (nSPS) is 20.7. The topological polar surface area (TPSA) is 50.4 Å². The van der Waals surface area contributed by atoms with Crippen molar-refractivity contribution >= 4 is 5.91 Å². The lowest BCUT2D eigenvalue weighted by Crippen LogP contribution is -2.44. The average Bonchev–Trinajstić information content (AvgIpc) is 2.61. The van der Waals surface area contributed by atoms with E-state index < -0.39 is 0 Å². The maximum absolute atomic E-state index is 11.9. The molecule has 1 atom stereocenters. The third kappa shape index (κ3) is 6.97. The van der Waals surface area contributed by atoms with Crippen molar-refractivity contribution in [3.63, 3.8) is 0 Å². The zero-order valence-corrected chi connectivity index (χ0v) is 11.8. The summed E-state index contributed by atoms with van der Waals surface area (Å²) in [5, 5.41) is 6.29. The van der Waals surface area contributed by atoms with Crippen LogP contribution in [0.15, 0.2) is 0 Å². The predicted octanol–water partition coefficient (Wildman–Crippen LogP) is 1.70. The van der Waals surface area contributed by atoms with Crippen molar-refractivity contribution in [2.24, 2.45) is 5.92 Å². The average molecular weight is 256 g/mol. The van der Waals surface area contributed by atoms with Crippen LogP contribution >= 0.6 is 0 Å². The van der Waals surface area contributed by atoms with E-state index in [2.05, 4.69) is 24.5 Å². The molecule has 1 aliphatic heterocycles. The van der Waals surface area contributed by atoms with Crippen LogP contribution in [0.4, 0.5) is 0 Å². The molecule has 4 nitrogen and oxygen atoms in total. The highest BCUT2D eigenvalue weighted by Gasteiger charge is 2.18. The molecule has 0 radical (unpaired) electrons. The number of amides is 1. The number of nitrogens with one attached hydrogen (secondary N) is 2. The molecule has 0 aromatic rings. The van der Waals surface area contributed by atoms with Gasteiger partial charge in [-0.25, -0.2) is 0 Å². The van der Waals surface area contributed by atoms with Crippen LogP contribution in [0.2, 0.25) is 0 Å². The van der Waals surface area contributed by atoms with Gasteiger partial charge in [0, 0.05) is 19.8 Å². The molecule has 0 aliphatic carbocycles. The molecule has 2 N–H and O–H groups in total. The van der Waals surface area contributed by atoms with E-state index in [4.69, 9.17) is 4.74 Å². The van der Waals surface area contributed by atoms with Crippen molar-refractivity contribution in [3.05, 3.63) is 0 Å². The quantitative estimate of drug-likeness (QED) is 0.682. The molecule has 1 saturated heterocycles. The van der Waals surface area contributed by atoms with Gasteiger partial charge in [0.05, 0.1) is 6.04 Å². The van der Waals surface area contributed by atoms with E-state index in [0.29, 0.717) is 5.92 Å². The third-order valence-electron chi connectivity index (χ3n) is 3.09. The van der Waals surface area contributed by atoms with Crippen LogP contribution in [0, 0.1) is 5.92 Å². The highest BCUT2D eigenvalue weighted by molar-refractivity contribution is 5.81. The van der Waals surface area contributed by atoms with Gasteiger partial charge in [0.2, 0.25) is 5.91 Å². The second kappa shape index (κ2) is 9.34. The summed E-state index contributed by atoms with van der Waals surface area (Å²) in [5.41, 5.74) is 0. The van der Waals surface area contributed by atoms with Crippen molar-refractivity contribution < 1.29 is 9.53 Å². The number of carbonyl (C=O) groups is 1. The summed E-state index contributed by atoms with van der Waals surface area (Å²) in [6.07, 6.45) is 5.44. The minimum atomic E-state index is 0.0177. The van der Waals surface area contributed by atoms with Gasteiger partial charge < -0.3 is 15.4 Å². The van der Waals surface area contributed by atoms with Gasteiger partial charge in [-0.1, -0.05) is 26.7 Å². The molecule has 1 heterocycles. The molecule has 106 valence electrons. The van der Waals surface area contributed by atoms with Crippen molar-refractivity contribution in [1.82, 2.24) is 10.6 Å². The zero-order valence-electron chi connectivity index (χ0n) is 11.8. The lowest BCUT2D eigenvalue weighted by molar-refractivity contribution is -0.123. The van der Waals surface area contributed by atoms with E-state index in [1.807, 2.05) is 0 Å². The van der Waals surface area contributed by atoms with Crippen LogP contribution in [0.1, 0.15) is 46.0 Å². The SMILES string of the molecule is CC(C)COCCCNC(=O)C1CCCCCN1. The molecule has 0 aromatic heterocycles. The molecule has 0 spiro atoms. The summed E-state index contributed by atoms with van der Waals surface area (Å²) >= 11 is 0. The maximum Gasteiger partial charge on any atom is 0.237 e. The zero-order chi connectivity index (χ0) is 13.2. The maximum atomic E-state index is 11.9. The Labute approximate surface area is 111 Å². The molecule has 1 amide bonds. The Bertz CT molecular complexity index is 224. The summed E-state index contributed by atoms with van der Waals surface area (Å²) < 4.78 is 5.48. The van der Waals surface area contributed by atoms with Crippen molar-refractivity contribution in [3.8, 4) is 0 Å². The lowest BCUT2D eigenvalue weighted by atomic mass is 10.1. The van der Waals surface area contributed by atoms with Gasteiger partial charge in [-0.3, -0.25) is 4.79 Å². The third-order valence-corrected chi connectivity index (χ3v) is 3.09. The van der Waals surface area contributed by atoms with E-state index in [0.717, 1.165) is 45.6 Å². The molecule has 1 aliphatic rings. The number of rotatable bonds is 7. The second-order valence-corrected chi connectivity index (χ2v) is 5.47. The van der Waals surface area contributed by atoms with Crippen LogP contribution < -0.4 is 10.6 Å². The predicted molar refractivity (Wildman–Crippen MR) is 73.5 cm³/mol. The van der Waals surface area contributed by atoms with E-state index >= 15 is 0 Å². The smallest absolute Gasteiger partial charge is 0.237 e. The van der Waals surface area contributed by atoms with E-state index in [9.17, 15) is 4.79 Å². The highest BCUT2D eigenvalue weighted by Crippen LogP contribution is 2.08. The first kappa shape index (κ1) is 15.4. The van der Waals surface area contributed by atoms with Gasteiger partial charge in [0.25, 0.3) is 0 Å². The van der Waals surface area contributed by atoms with E-state index in [-0.39, 0.29) is 11.9 Å². The van der Waals surface area contributed by atoms with Crippen molar-refractivity contribution in [1.29, 1.82) is 0 Å². The van der Waals surface area contributed by atoms with Crippen LogP contribution in [-0.2, 0) is 9.53 Å². The van der Waals surface area contributed by atoms with Gasteiger partial charge in [-0.2, -0.15) is 0 Å². The minimum absolute atomic E-state index is 0.0177. The monoisotopic (exact) mass is 256 g/mol. The fourth-order valence-corrected chi connectivity index (χ4v) is 2.08. The Morgan fingerprint density at radius 2 is 2.22 bits per heavy atom. The Balaban J connectivity index is 2.02. The van der Waals surface area contributed by atoms with Crippen LogP contribution in [0.25, 0.3) is 0 Å². The standard InChI is InChI=1S/C14H28N2O2/c1-12(2)11-18-10-6-9-16-14(17)13-7-4-3-5-8-15-13/h12-13,15H,3-11H2,1-2H3,(H,16,17). The van der Waals surface area contributed by atoms with Crippen LogP contribution in [0.3, 0.4) is 0 Å². The first-order chi connectivity index (χ1) is 8.70. The molecule has 1 rings (SSSR count). The molecule has 1 unspecified atom stereocenters. The number of ether oxygens (including phenoxy) is 1. The second-order valence-electron chi connectivity index (χ2n) is 5.47. The molecule has 4 heteroatoms. The number of carbonyl (C=O) groups excluding carboxylic acids is 1. The summed E-state index contributed by atoms with van der Waals surface area (Å²) in [4.78, 5) is 11.9. The summed E-state index contributed by atoms with van der Waals surface area (Å²) in [7, 11) is 0. The number of hydrogen-bond donors (Lipinski definition) is 2. The Hall–Kier alpha value is -0.610. The van der Waals surface area contributed by atoms with Gasteiger partial charge in [0.1, 0.15) is 0 Å². The van der Waals surface area contributed by atoms with Crippen LogP contribution in [0.5, 0.6) is 0 Å². The first-order valence-electron chi connectivity index (χ1n) is 7.29. The Morgan fingerprint density at radius 3 is 3.00 bits per heavy atom. The molecule has 0 aromatic carbocycles. The van der Waals surface area contributed by atoms with Crippen molar-refractivity contribution in [2.75, 3.05) is 26.3 Å². The summed E-state index contributed by atoms with van der Waals surface area (Å²) in [5.74, 6) is 0.732. The molecular formula is C14H28N2O2. The fourth-order valence-electron chi connectivity index (χ4n) is 2.08.